The molecule has 4 aromatic carbocycles. The van der Waals surface area contributed by atoms with E-state index in [0.29, 0.717) is 29.4 Å². The van der Waals surface area contributed by atoms with E-state index in [0.717, 1.165) is 28.3 Å². The minimum atomic E-state index is -3.77. The van der Waals surface area contributed by atoms with Crippen molar-refractivity contribution in [2.24, 2.45) is 5.10 Å². The molecule has 232 valence electrons. The summed E-state index contributed by atoms with van der Waals surface area (Å²) in [4.78, 5) is 12.9. The third-order valence-corrected chi connectivity index (χ3v) is 9.00. The number of nitrogens with zero attached hydrogens (tertiary/aromatic N) is 2. The Morgan fingerprint density at radius 3 is 2.36 bits per heavy atom. The van der Waals surface area contributed by atoms with Crippen LogP contribution in [0.4, 0.5) is 11.4 Å². The van der Waals surface area contributed by atoms with E-state index in [4.69, 9.17) is 24.0 Å². The topological polar surface area (TPSA) is 128 Å². The highest BCUT2D eigenvalue weighted by Gasteiger charge is 2.31. The van der Waals surface area contributed by atoms with Crippen molar-refractivity contribution in [2.45, 2.75) is 23.8 Å². The molecule has 0 bridgehead atoms. The van der Waals surface area contributed by atoms with Crippen LogP contribution in [0.2, 0.25) is 0 Å². The van der Waals surface area contributed by atoms with Crippen LogP contribution in [0.25, 0.3) is 0 Å². The van der Waals surface area contributed by atoms with Gasteiger partial charge in [-0.3, -0.25) is 9.80 Å². The lowest BCUT2D eigenvalue weighted by atomic mass is 9.97. The lowest BCUT2D eigenvalue weighted by molar-refractivity contribution is -0.116. The Kier molecular flexibility index (Phi) is 8.58. The van der Waals surface area contributed by atoms with E-state index in [1.807, 2.05) is 65.7 Å². The van der Waals surface area contributed by atoms with Crippen molar-refractivity contribution in [1.29, 1.82) is 0 Å². The van der Waals surface area contributed by atoms with E-state index in [1.54, 1.807) is 25.3 Å². The average molecular weight is 629 g/mol. The van der Waals surface area contributed by atoms with E-state index in [2.05, 4.69) is 10.0 Å². The summed E-state index contributed by atoms with van der Waals surface area (Å²) in [6.07, 6.45) is 0.564. The maximum absolute atomic E-state index is 12.8. The molecule has 6 rings (SSSR count). The lowest BCUT2D eigenvalue weighted by Crippen LogP contribution is -2.27. The zero-order valence-electron chi connectivity index (χ0n) is 24.7. The van der Waals surface area contributed by atoms with Crippen LogP contribution in [-0.2, 0) is 14.8 Å². The number of hydrazone groups is 1. The fraction of sp³-hybridized carbons (Fsp3) is 0.212. The molecule has 11 nitrogen and oxygen atoms in total. The number of benzene rings is 4. The van der Waals surface area contributed by atoms with Crippen LogP contribution < -0.4 is 34.0 Å². The minimum Gasteiger partial charge on any atom is -0.497 e. The number of anilines is 2. The fourth-order valence-electron chi connectivity index (χ4n) is 5.18. The quantitative estimate of drug-likeness (QED) is 0.235. The van der Waals surface area contributed by atoms with Crippen molar-refractivity contribution < 1.29 is 32.2 Å². The Hall–Kier alpha value is -5.07. The second-order valence-corrected chi connectivity index (χ2v) is 12.1. The van der Waals surface area contributed by atoms with Gasteiger partial charge in [0.2, 0.25) is 22.7 Å². The van der Waals surface area contributed by atoms with Crippen LogP contribution in [0.3, 0.4) is 0 Å². The molecular weight excluding hydrogens is 596 g/mol. The molecule has 2 aliphatic rings. The van der Waals surface area contributed by atoms with Gasteiger partial charge < -0.3 is 24.3 Å². The monoisotopic (exact) mass is 628 g/mol. The first-order chi connectivity index (χ1) is 21.8. The van der Waals surface area contributed by atoms with Gasteiger partial charge in [0.1, 0.15) is 11.5 Å². The SMILES string of the molecule is COc1ccc(N2N=C(c3ccc4c(c3)OCO4)CC2c2cccc(NC(=O)CCNS(=O)(=O)c3ccc(OC)cc3)c2)cc1. The number of carbonyl (C=O) groups is 1. The van der Waals surface area contributed by atoms with Gasteiger partial charge in [0.15, 0.2) is 11.5 Å². The van der Waals surface area contributed by atoms with Gasteiger partial charge in [0.05, 0.1) is 36.6 Å². The summed E-state index contributed by atoms with van der Waals surface area (Å²) in [5.41, 5.74) is 4.25. The molecule has 0 fully saturated rings. The van der Waals surface area contributed by atoms with Crippen molar-refractivity contribution in [3.05, 3.63) is 102 Å². The van der Waals surface area contributed by atoms with E-state index in [9.17, 15) is 13.2 Å². The first kappa shape index (κ1) is 30.0. The Morgan fingerprint density at radius 1 is 0.911 bits per heavy atom. The maximum atomic E-state index is 12.8. The Morgan fingerprint density at radius 2 is 1.62 bits per heavy atom. The molecule has 0 aliphatic carbocycles. The highest BCUT2D eigenvalue weighted by Crippen LogP contribution is 2.40. The molecule has 1 atom stereocenters. The van der Waals surface area contributed by atoms with Gasteiger partial charge in [-0.05, 0) is 84.4 Å². The number of methoxy groups -OCH3 is 2. The van der Waals surface area contributed by atoms with Crippen LogP contribution in [-0.4, -0.2) is 47.6 Å². The zero-order chi connectivity index (χ0) is 31.4. The van der Waals surface area contributed by atoms with Crippen LogP contribution >= 0.6 is 0 Å². The smallest absolute Gasteiger partial charge is 0.240 e. The maximum Gasteiger partial charge on any atom is 0.240 e. The van der Waals surface area contributed by atoms with Gasteiger partial charge >= 0.3 is 0 Å². The molecule has 45 heavy (non-hydrogen) atoms. The molecule has 12 heteroatoms. The van der Waals surface area contributed by atoms with Gasteiger partial charge in [0, 0.05) is 30.6 Å². The minimum absolute atomic E-state index is 0.0433. The molecule has 0 saturated carbocycles. The summed E-state index contributed by atoms with van der Waals surface area (Å²) < 4.78 is 49.2. The Balaban J connectivity index is 1.16. The molecule has 1 unspecified atom stereocenters. The number of carbonyl (C=O) groups excluding carboxylic acids is 1. The summed E-state index contributed by atoms with van der Waals surface area (Å²) in [5.74, 6) is 2.37. The van der Waals surface area contributed by atoms with Gasteiger partial charge in [-0.1, -0.05) is 12.1 Å². The first-order valence-electron chi connectivity index (χ1n) is 14.3. The molecule has 0 aromatic heterocycles. The third kappa shape index (κ3) is 6.71. The van der Waals surface area contributed by atoms with E-state index in [-0.39, 0.29) is 36.6 Å². The molecule has 2 aliphatic heterocycles. The highest BCUT2D eigenvalue weighted by molar-refractivity contribution is 7.89. The van der Waals surface area contributed by atoms with Crippen molar-refractivity contribution in [3.8, 4) is 23.0 Å². The average Bonchev–Trinajstić information content (AvgIpc) is 3.72. The third-order valence-electron chi connectivity index (χ3n) is 7.52. The molecule has 1 amide bonds. The number of ether oxygens (including phenoxy) is 4. The fourth-order valence-corrected chi connectivity index (χ4v) is 6.21. The largest absolute Gasteiger partial charge is 0.497 e. The van der Waals surface area contributed by atoms with Crippen molar-refractivity contribution in [2.75, 3.05) is 37.9 Å². The highest BCUT2D eigenvalue weighted by atomic mass is 32.2. The number of sulfonamides is 1. The normalized spacial score (nSPS) is 15.5. The molecule has 2 N–H and O–H groups in total. The summed E-state index contributed by atoms with van der Waals surface area (Å²) in [5, 5.41) is 9.87. The first-order valence-corrected chi connectivity index (χ1v) is 15.8. The standard InChI is InChI=1S/C33H32N4O7S/c1-41-26-9-7-25(8-10-26)37-30(20-29(36-37)22-6-15-31-32(19-22)44-21-43-31)23-4-3-5-24(18-23)35-33(38)16-17-34-45(39,40)28-13-11-27(42-2)12-14-28/h3-15,18-19,30,34H,16-17,20-21H2,1-2H3,(H,35,38). The van der Waals surface area contributed by atoms with Crippen LogP contribution in [0.15, 0.2) is 101 Å². The van der Waals surface area contributed by atoms with Crippen molar-refractivity contribution in [1.82, 2.24) is 4.72 Å². The van der Waals surface area contributed by atoms with Crippen molar-refractivity contribution in [3.63, 3.8) is 0 Å². The Labute approximate surface area is 261 Å². The molecular formula is C33H32N4O7S. The molecule has 0 saturated heterocycles. The summed E-state index contributed by atoms with van der Waals surface area (Å²) in [6, 6.07) is 27.0. The van der Waals surface area contributed by atoms with E-state index >= 15 is 0 Å². The summed E-state index contributed by atoms with van der Waals surface area (Å²) >= 11 is 0. The summed E-state index contributed by atoms with van der Waals surface area (Å²) in [6.45, 7) is 0.138. The van der Waals surface area contributed by atoms with Gasteiger partial charge in [-0.2, -0.15) is 5.10 Å². The number of hydrogen-bond acceptors (Lipinski definition) is 9. The van der Waals surface area contributed by atoms with Crippen LogP contribution in [0.5, 0.6) is 23.0 Å². The molecule has 0 radical (unpaired) electrons. The number of rotatable bonds is 11. The Bertz CT molecular complexity index is 1830. The molecule has 4 aromatic rings. The number of nitrogens with one attached hydrogen (secondary N) is 2. The second kappa shape index (κ2) is 12.9. The van der Waals surface area contributed by atoms with Crippen molar-refractivity contribution >= 4 is 33.0 Å². The predicted octanol–water partition coefficient (Wildman–Crippen LogP) is 5.10. The van der Waals surface area contributed by atoms with Gasteiger partial charge in [0.25, 0.3) is 0 Å². The van der Waals surface area contributed by atoms with E-state index in [1.165, 1.54) is 19.2 Å². The van der Waals surface area contributed by atoms with Crippen LogP contribution in [0.1, 0.15) is 30.0 Å². The zero-order valence-corrected chi connectivity index (χ0v) is 25.5. The predicted molar refractivity (Wildman–Crippen MR) is 170 cm³/mol. The number of fused-ring (bicyclic) bond motifs is 1. The van der Waals surface area contributed by atoms with E-state index < -0.39 is 10.0 Å². The van der Waals surface area contributed by atoms with Crippen LogP contribution in [0, 0.1) is 0 Å². The molecule has 2 heterocycles. The number of amides is 1. The molecule has 0 spiro atoms. The van der Waals surface area contributed by atoms with Gasteiger partial charge in [-0.25, -0.2) is 13.1 Å². The second-order valence-electron chi connectivity index (χ2n) is 10.4. The van der Waals surface area contributed by atoms with Gasteiger partial charge in [-0.15, -0.1) is 0 Å². The lowest BCUT2D eigenvalue weighted by Gasteiger charge is -2.24. The number of hydrogen-bond donors (Lipinski definition) is 2. The summed E-state index contributed by atoms with van der Waals surface area (Å²) in [7, 11) is -0.636.